The van der Waals surface area contributed by atoms with Crippen LogP contribution in [0.15, 0.2) is 0 Å². The molecule has 4 saturated carbocycles. The molecule has 0 aromatic rings. The van der Waals surface area contributed by atoms with Gasteiger partial charge in [0.2, 0.25) is 5.91 Å². The van der Waals surface area contributed by atoms with Gasteiger partial charge in [0, 0.05) is 5.41 Å². The first-order valence-electron chi connectivity index (χ1n) is 10.5. The predicted molar refractivity (Wildman–Crippen MR) is 103 cm³/mol. The van der Waals surface area contributed by atoms with Gasteiger partial charge in [-0.25, -0.2) is 9.59 Å². The maximum Gasteiger partial charge on any atom is 0.413 e. The molecule has 0 heterocycles. The summed E-state index contributed by atoms with van der Waals surface area (Å²) >= 11 is 0. The molecule has 3 amide bonds. The number of ether oxygens (including phenoxy) is 2. The van der Waals surface area contributed by atoms with Crippen LogP contribution < -0.4 is 10.6 Å². The largest absolute Gasteiger partial charge is 0.453 e. The second-order valence-corrected chi connectivity index (χ2v) is 9.45. The lowest BCUT2D eigenvalue weighted by atomic mass is 9.49. The molecule has 4 aliphatic rings. The summed E-state index contributed by atoms with van der Waals surface area (Å²) in [6.07, 6.45) is 4.31. The molecule has 0 unspecified atom stereocenters. The van der Waals surface area contributed by atoms with Crippen LogP contribution in [0.5, 0.6) is 0 Å². The van der Waals surface area contributed by atoms with Gasteiger partial charge < -0.3 is 14.8 Å². The van der Waals surface area contributed by atoms with E-state index >= 15 is 0 Å². The van der Waals surface area contributed by atoms with E-state index in [1.165, 1.54) is 26.2 Å². The van der Waals surface area contributed by atoms with Crippen molar-refractivity contribution in [2.75, 3.05) is 7.11 Å². The number of hydrogen-bond donors (Lipinski definition) is 2. The highest BCUT2D eigenvalue weighted by molar-refractivity contribution is 5.95. The molecule has 0 aliphatic heterocycles. The summed E-state index contributed by atoms with van der Waals surface area (Å²) in [5, 5.41) is 4.90. The monoisotopic (exact) mass is 408 g/mol. The Labute approximate surface area is 171 Å². The highest BCUT2D eigenvalue weighted by Gasteiger charge is 2.55. The number of carbonyl (C=O) groups excluding carboxylic acids is 4. The van der Waals surface area contributed by atoms with Crippen LogP contribution >= 0.6 is 0 Å². The number of hydrogen-bond acceptors (Lipinski definition) is 6. The van der Waals surface area contributed by atoms with E-state index in [0.29, 0.717) is 17.8 Å². The van der Waals surface area contributed by atoms with E-state index < -0.39 is 30.1 Å². The number of methoxy groups -OCH3 is 1. The highest BCUT2D eigenvalue weighted by atomic mass is 16.6. The maximum absolute atomic E-state index is 13.3. The minimum absolute atomic E-state index is 0.0566. The van der Waals surface area contributed by atoms with E-state index in [1.54, 1.807) is 0 Å². The van der Waals surface area contributed by atoms with Gasteiger partial charge in [0.25, 0.3) is 5.91 Å². The molecule has 0 aromatic carbocycles. The third-order valence-corrected chi connectivity index (χ3v) is 6.80. The van der Waals surface area contributed by atoms with Crippen LogP contribution in [-0.4, -0.2) is 43.1 Å². The van der Waals surface area contributed by atoms with Crippen molar-refractivity contribution in [3.63, 3.8) is 0 Å². The lowest BCUT2D eigenvalue weighted by molar-refractivity contribution is -0.161. The quantitative estimate of drug-likeness (QED) is 0.652. The Hall–Kier alpha value is -2.12. The number of nitrogens with one attached hydrogen (secondary N) is 2. The molecular weight excluding hydrogens is 376 g/mol. The fourth-order valence-corrected chi connectivity index (χ4v) is 5.74. The average molecular weight is 408 g/mol. The Morgan fingerprint density at radius 2 is 1.45 bits per heavy atom. The van der Waals surface area contributed by atoms with Crippen molar-refractivity contribution in [3.05, 3.63) is 0 Å². The smallest absolute Gasteiger partial charge is 0.413 e. The zero-order valence-corrected chi connectivity index (χ0v) is 17.7. The van der Waals surface area contributed by atoms with Crippen LogP contribution in [0.25, 0.3) is 0 Å². The zero-order valence-electron chi connectivity index (χ0n) is 17.7. The first kappa shape index (κ1) is 21.6. The van der Waals surface area contributed by atoms with Crippen LogP contribution in [-0.2, 0) is 23.9 Å². The average Bonchev–Trinajstić information content (AvgIpc) is 2.64. The standard InChI is InChI=1S/C21H32N2O6/c1-11(2)16(18(25)29-12(3)17(24)23-20(27)28-4)22-19(26)21-8-13-5-14(9-21)7-15(6-13)10-21/h11-16H,5-10H2,1-4H3,(H,22,26)(H,23,24,27)/t12-,13?,14?,15?,16+,21?/m0/s1. The summed E-state index contributed by atoms with van der Waals surface area (Å²) in [7, 11) is 1.13. The molecule has 162 valence electrons. The molecule has 4 fully saturated rings. The minimum Gasteiger partial charge on any atom is -0.453 e. The van der Waals surface area contributed by atoms with Crippen molar-refractivity contribution in [1.29, 1.82) is 0 Å². The second kappa shape index (κ2) is 8.32. The summed E-state index contributed by atoms with van der Waals surface area (Å²) in [5.74, 6) is 0.163. The Morgan fingerprint density at radius 1 is 0.931 bits per heavy atom. The lowest BCUT2D eigenvalue weighted by Gasteiger charge is -2.55. The topological polar surface area (TPSA) is 111 Å². The van der Waals surface area contributed by atoms with E-state index in [2.05, 4.69) is 10.1 Å². The summed E-state index contributed by atoms with van der Waals surface area (Å²) in [6.45, 7) is 5.02. The van der Waals surface area contributed by atoms with E-state index in [0.717, 1.165) is 26.4 Å². The van der Waals surface area contributed by atoms with Gasteiger partial charge in [0.1, 0.15) is 6.04 Å². The van der Waals surface area contributed by atoms with Gasteiger partial charge in [-0.3, -0.25) is 14.9 Å². The number of amides is 3. The molecular formula is C21H32N2O6. The van der Waals surface area contributed by atoms with Crippen LogP contribution in [0.4, 0.5) is 4.79 Å². The molecule has 4 rings (SSSR count). The molecule has 2 atom stereocenters. The molecule has 0 radical (unpaired) electrons. The van der Waals surface area contributed by atoms with Crippen molar-refractivity contribution in [3.8, 4) is 0 Å². The van der Waals surface area contributed by atoms with Crippen LogP contribution in [0.3, 0.4) is 0 Å². The molecule has 4 bridgehead atoms. The van der Waals surface area contributed by atoms with Crippen molar-refractivity contribution >= 4 is 23.9 Å². The fourth-order valence-electron chi connectivity index (χ4n) is 5.74. The van der Waals surface area contributed by atoms with Gasteiger partial charge in [-0.1, -0.05) is 13.8 Å². The van der Waals surface area contributed by atoms with Gasteiger partial charge in [0.15, 0.2) is 6.10 Å². The Bertz CT molecular complexity index is 653. The van der Waals surface area contributed by atoms with E-state index in [4.69, 9.17) is 4.74 Å². The zero-order chi connectivity index (χ0) is 21.3. The van der Waals surface area contributed by atoms with E-state index in [-0.39, 0.29) is 17.2 Å². The SMILES string of the molecule is COC(=O)NC(=O)[C@H](C)OC(=O)[C@H](NC(=O)C12CC3CC(CC(C3)C1)C2)C(C)C. The molecule has 0 aromatic heterocycles. The third kappa shape index (κ3) is 4.56. The predicted octanol–water partition coefficient (Wildman–Crippen LogP) is 2.16. The van der Waals surface area contributed by atoms with Gasteiger partial charge in [0.05, 0.1) is 7.11 Å². The van der Waals surface area contributed by atoms with E-state index in [1.807, 2.05) is 19.2 Å². The normalized spacial score (nSPS) is 31.7. The lowest BCUT2D eigenvalue weighted by Crippen LogP contribution is -2.57. The Balaban J connectivity index is 1.62. The molecule has 0 saturated heterocycles. The summed E-state index contributed by atoms with van der Waals surface area (Å²) in [4.78, 5) is 49.0. The van der Waals surface area contributed by atoms with Crippen molar-refractivity contribution in [2.45, 2.75) is 71.4 Å². The first-order chi connectivity index (χ1) is 13.6. The summed E-state index contributed by atoms with van der Waals surface area (Å²) < 4.78 is 9.59. The number of imide groups is 1. The second-order valence-electron chi connectivity index (χ2n) is 9.45. The fraction of sp³-hybridized carbons (Fsp3) is 0.810. The van der Waals surface area contributed by atoms with Gasteiger partial charge in [-0.2, -0.15) is 0 Å². The molecule has 4 aliphatic carbocycles. The van der Waals surface area contributed by atoms with Crippen LogP contribution in [0.2, 0.25) is 0 Å². The molecule has 2 N–H and O–H groups in total. The van der Waals surface area contributed by atoms with Gasteiger partial charge in [-0.05, 0) is 69.1 Å². The first-order valence-corrected chi connectivity index (χ1v) is 10.5. The molecule has 29 heavy (non-hydrogen) atoms. The van der Waals surface area contributed by atoms with Gasteiger partial charge >= 0.3 is 12.1 Å². The number of carbonyl (C=O) groups is 4. The van der Waals surface area contributed by atoms with Gasteiger partial charge in [-0.15, -0.1) is 0 Å². The summed E-state index contributed by atoms with van der Waals surface area (Å²) in [5.41, 5.74) is -0.365. The van der Waals surface area contributed by atoms with Crippen LogP contribution in [0, 0.1) is 29.1 Å². The Morgan fingerprint density at radius 3 is 1.90 bits per heavy atom. The summed E-state index contributed by atoms with van der Waals surface area (Å²) in [6, 6.07) is -0.844. The number of alkyl carbamates (subject to hydrolysis) is 1. The van der Waals surface area contributed by atoms with Crippen molar-refractivity contribution in [2.24, 2.45) is 29.1 Å². The maximum atomic E-state index is 13.3. The molecule has 8 nitrogen and oxygen atoms in total. The number of esters is 1. The molecule has 8 heteroatoms. The minimum atomic E-state index is -1.18. The van der Waals surface area contributed by atoms with Crippen LogP contribution in [0.1, 0.15) is 59.3 Å². The third-order valence-electron chi connectivity index (χ3n) is 6.80. The Kier molecular flexibility index (Phi) is 6.19. The van der Waals surface area contributed by atoms with E-state index in [9.17, 15) is 19.2 Å². The number of rotatable bonds is 6. The van der Waals surface area contributed by atoms with Crippen molar-refractivity contribution in [1.82, 2.24) is 10.6 Å². The van der Waals surface area contributed by atoms with Crippen molar-refractivity contribution < 1.29 is 28.7 Å². The highest BCUT2D eigenvalue weighted by Crippen LogP contribution is 2.60. The molecule has 0 spiro atoms.